The maximum absolute atomic E-state index is 12.6. The first kappa shape index (κ1) is 16.4. The average molecular weight is 368 g/mol. The van der Waals surface area contributed by atoms with Gasteiger partial charge in [-0.25, -0.2) is 0 Å². The second kappa shape index (κ2) is 6.45. The molecule has 0 bridgehead atoms. The summed E-state index contributed by atoms with van der Waals surface area (Å²) in [6.45, 7) is 0. The lowest BCUT2D eigenvalue weighted by molar-refractivity contribution is -0.137. The number of benzene rings is 2. The van der Waals surface area contributed by atoms with Crippen molar-refractivity contribution in [1.82, 2.24) is 0 Å². The summed E-state index contributed by atoms with van der Waals surface area (Å²) in [5.41, 5.74) is 1.59. The van der Waals surface area contributed by atoms with E-state index in [1.807, 2.05) is 43.3 Å². The van der Waals surface area contributed by atoms with Crippen molar-refractivity contribution >= 4 is 21.6 Å². The van der Waals surface area contributed by atoms with Gasteiger partial charge in [-0.3, -0.25) is 0 Å². The third-order valence-electron chi connectivity index (χ3n) is 3.01. The molecule has 0 saturated heterocycles. The Morgan fingerprint density at radius 1 is 0.955 bits per heavy atom. The normalized spacial score (nSPS) is 10.8. The molecular weight excluding hydrogens is 355 g/mol. The molecule has 0 amide bonds. The third kappa shape index (κ3) is 3.83. The van der Waals surface area contributed by atoms with Gasteiger partial charge in [-0.15, -0.1) is 0 Å². The molecule has 0 spiro atoms. The first-order valence-electron chi connectivity index (χ1n) is 6.44. The number of para-hydroxylation sites is 1. The molecule has 0 aliphatic carbocycles. The number of anilines is 1. The highest BCUT2D eigenvalue weighted by Crippen LogP contribution is 2.32. The Labute approximate surface area is 135 Å². The van der Waals surface area contributed by atoms with Gasteiger partial charge in [0.05, 0.1) is 11.3 Å². The van der Waals surface area contributed by atoms with Crippen molar-refractivity contribution < 1.29 is 13.2 Å². The topological polar surface area (TPSA) is 3.24 Å². The van der Waals surface area contributed by atoms with Crippen molar-refractivity contribution in [1.29, 1.82) is 0 Å². The summed E-state index contributed by atoms with van der Waals surface area (Å²) >= 11 is 3.15. The molecule has 1 nitrogen and oxygen atoms in total. The Balaban J connectivity index is 2.38. The Hall–Kier alpha value is -1.93. The van der Waals surface area contributed by atoms with Gasteiger partial charge in [-0.1, -0.05) is 24.0 Å². The van der Waals surface area contributed by atoms with Crippen molar-refractivity contribution in [3.63, 3.8) is 0 Å². The van der Waals surface area contributed by atoms with Crippen LogP contribution >= 0.6 is 15.9 Å². The fraction of sp³-hybridized carbons (Fsp3) is 0.176. The van der Waals surface area contributed by atoms with E-state index in [1.54, 1.807) is 0 Å². The highest BCUT2D eigenvalue weighted by atomic mass is 79.9. The first-order chi connectivity index (χ1) is 10.3. The maximum atomic E-state index is 12.6. The van der Waals surface area contributed by atoms with E-state index in [0.717, 1.165) is 23.4 Å². The number of alkyl halides is 3. The molecule has 114 valence electrons. The predicted octanol–water partition coefficient (Wildman–Crippen LogP) is 4.93. The summed E-state index contributed by atoms with van der Waals surface area (Å²) in [7, 11) is 3.82. The average Bonchev–Trinajstić information content (AvgIpc) is 2.45. The van der Waals surface area contributed by atoms with Crippen LogP contribution in [0.4, 0.5) is 18.9 Å². The lowest BCUT2D eigenvalue weighted by atomic mass is 10.1. The molecular formula is C17H13BrF3N. The molecule has 0 saturated carbocycles. The number of rotatable bonds is 1. The highest BCUT2D eigenvalue weighted by molar-refractivity contribution is 9.10. The summed E-state index contributed by atoms with van der Waals surface area (Å²) in [4.78, 5) is 1.94. The van der Waals surface area contributed by atoms with E-state index in [-0.39, 0.29) is 0 Å². The molecule has 2 aromatic carbocycles. The van der Waals surface area contributed by atoms with Gasteiger partial charge in [0, 0.05) is 29.7 Å². The minimum absolute atomic E-state index is 0.331. The minimum Gasteiger partial charge on any atom is -0.377 e. The molecule has 0 aliphatic rings. The van der Waals surface area contributed by atoms with Gasteiger partial charge in [-0.05, 0) is 46.3 Å². The number of halogens is 4. The third-order valence-corrected chi connectivity index (χ3v) is 3.67. The number of hydrogen-bond acceptors (Lipinski definition) is 1. The fourth-order valence-electron chi connectivity index (χ4n) is 1.90. The van der Waals surface area contributed by atoms with Crippen LogP contribution in [0.1, 0.15) is 16.7 Å². The molecule has 0 unspecified atom stereocenters. The van der Waals surface area contributed by atoms with E-state index in [9.17, 15) is 13.2 Å². The van der Waals surface area contributed by atoms with Crippen LogP contribution < -0.4 is 4.90 Å². The molecule has 0 atom stereocenters. The number of hydrogen-bond donors (Lipinski definition) is 0. The zero-order valence-corrected chi connectivity index (χ0v) is 13.6. The Morgan fingerprint density at radius 2 is 1.59 bits per heavy atom. The van der Waals surface area contributed by atoms with Crippen LogP contribution in [-0.4, -0.2) is 14.1 Å². The van der Waals surface area contributed by atoms with Gasteiger partial charge < -0.3 is 4.90 Å². The maximum Gasteiger partial charge on any atom is 0.416 e. The van der Waals surface area contributed by atoms with Crippen LogP contribution in [0.3, 0.4) is 0 Å². The predicted molar refractivity (Wildman–Crippen MR) is 85.9 cm³/mol. The van der Waals surface area contributed by atoms with Crippen molar-refractivity contribution in [2.75, 3.05) is 19.0 Å². The Kier molecular flexibility index (Phi) is 4.82. The molecule has 5 heteroatoms. The molecule has 0 radical (unpaired) electrons. The zero-order valence-electron chi connectivity index (χ0n) is 12.0. The van der Waals surface area contributed by atoms with Crippen LogP contribution in [0.2, 0.25) is 0 Å². The van der Waals surface area contributed by atoms with Crippen LogP contribution in [0, 0.1) is 11.8 Å². The van der Waals surface area contributed by atoms with Crippen molar-refractivity contribution in [2.24, 2.45) is 0 Å². The first-order valence-corrected chi connectivity index (χ1v) is 7.23. The van der Waals surface area contributed by atoms with Gasteiger partial charge in [-0.2, -0.15) is 13.2 Å². The molecule has 22 heavy (non-hydrogen) atoms. The smallest absolute Gasteiger partial charge is 0.377 e. The summed E-state index contributed by atoms with van der Waals surface area (Å²) in [6, 6.07) is 11.0. The molecule has 0 fully saturated rings. The molecule has 2 rings (SSSR count). The SMILES string of the molecule is CN(C)c1ccccc1C#Cc1ccc(C(F)(F)F)cc1Br. The van der Waals surface area contributed by atoms with E-state index in [1.165, 1.54) is 6.07 Å². The van der Waals surface area contributed by atoms with Crippen LogP contribution in [-0.2, 0) is 6.18 Å². The minimum atomic E-state index is -4.36. The monoisotopic (exact) mass is 367 g/mol. The standard InChI is InChI=1S/C17H13BrF3N/c1-22(2)16-6-4-3-5-13(16)8-7-12-9-10-14(11-15(12)18)17(19,20)21/h3-6,9-11H,1-2H3. The molecule has 0 aliphatic heterocycles. The van der Waals surface area contributed by atoms with Crippen LogP contribution in [0.15, 0.2) is 46.9 Å². The van der Waals surface area contributed by atoms with Crippen molar-refractivity contribution in [2.45, 2.75) is 6.18 Å². The summed E-state index contributed by atoms with van der Waals surface area (Å²) in [5.74, 6) is 5.92. The van der Waals surface area contributed by atoms with Crippen molar-refractivity contribution in [3.05, 3.63) is 63.6 Å². The molecule has 0 N–H and O–H groups in total. The Bertz CT molecular complexity index is 740. The van der Waals surface area contributed by atoms with E-state index in [2.05, 4.69) is 27.8 Å². The van der Waals surface area contributed by atoms with E-state index in [4.69, 9.17) is 0 Å². The van der Waals surface area contributed by atoms with Gasteiger partial charge in [0.1, 0.15) is 0 Å². The summed E-state index contributed by atoms with van der Waals surface area (Å²) in [6.07, 6.45) is -4.36. The van der Waals surface area contributed by atoms with Gasteiger partial charge >= 0.3 is 6.18 Å². The van der Waals surface area contributed by atoms with E-state index < -0.39 is 11.7 Å². The van der Waals surface area contributed by atoms with E-state index in [0.29, 0.717) is 10.0 Å². The lowest BCUT2D eigenvalue weighted by Gasteiger charge is -2.14. The van der Waals surface area contributed by atoms with Crippen molar-refractivity contribution in [3.8, 4) is 11.8 Å². The molecule has 0 aromatic heterocycles. The Morgan fingerprint density at radius 3 is 2.18 bits per heavy atom. The molecule has 2 aromatic rings. The molecule has 0 heterocycles. The fourth-order valence-corrected chi connectivity index (χ4v) is 2.37. The van der Waals surface area contributed by atoms with E-state index >= 15 is 0 Å². The number of nitrogens with zero attached hydrogens (tertiary/aromatic N) is 1. The lowest BCUT2D eigenvalue weighted by Crippen LogP contribution is -2.10. The van der Waals surface area contributed by atoms with Gasteiger partial charge in [0.25, 0.3) is 0 Å². The van der Waals surface area contributed by atoms with Gasteiger partial charge in [0.15, 0.2) is 0 Å². The summed E-state index contributed by atoms with van der Waals surface area (Å²) < 4.78 is 38.2. The summed E-state index contributed by atoms with van der Waals surface area (Å²) in [5, 5.41) is 0. The van der Waals surface area contributed by atoms with Crippen LogP contribution in [0.25, 0.3) is 0 Å². The highest BCUT2D eigenvalue weighted by Gasteiger charge is 2.30. The van der Waals surface area contributed by atoms with Crippen LogP contribution in [0.5, 0.6) is 0 Å². The largest absolute Gasteiger partial charge is 0.416 e. The second-order valence-electron chi connectivity index (χ2n) is 4.85. The quantitative estimate of drug-likeness (QED) is 0.645. The zero-order chi connectivity index (χ0) is 16.3. The van der Waals surface area contributed by atoms with Gasteiger partial charge in [0.2, 0.25) is 0 Å². The second-order valence-corrected chi connectivity index (χ2v) is 5.71.